The van der Waals surface area contributed by atoms with Gasteiger partial charge in [-0.2, -0.15) is 9.98 Å². The number of carbonyl (C=O) groups excluding carboxylic acids is 1. The van der Waals surface area contributed by atoms with Crippen molar-refractivity contribution in [1.82, 2.24) is 4.98 Å². The first kappa shape index (κ1) is 12.2. The number of urea groups is 1. The molecular formula is C15H11N3O2. The number of hydrogen-bond acceptors (Lipinski definition) is 3. The Hall–Kier alpha value is -2.82. The van der Waals surface area contributed by atoms with E-state index in [0.717, 1.165) is 5.56 Å². The summed E-state index contributed by atoms with van der Waals surface area (Å²) in [5.74, 6) is 0.103. The third-order valence-corrected chi connectivity index (χ3v) is 3.01. The number of benzene rings is 1. The van der Waals surface area contributed by atoms with Gasteiger partial charge in [-0.05, 0) is 18.2 Å². The fourth-order valence-electron chi connectivity index (χ4n) is 2.07. The van der Waals surface area contributed by atoms with Crippen molar-refractivity contribution in [3.8, 4) is 5.75 Å². The number of phenols is 1. The molecule has 1 aliphatic rings. The standard InChI is InChI=1S/C15H11N3O2/c19-14-6-2-1-5-11(14)13-8-12(17-15(20)18-13)10-4-3-7-16-9-10/h1-7,9,19H,8H2. The molecule has 5 heteroatoms. The average molecular weight is 265 g/mol. The van der Waals surface area contributed by atoms with Crippen molar-refractivity contribution in [2.45, 2.75) is 6.42 Å². The minimum absolute atomic E-state index is 0.103. The summed E-state index contributed by atoms with van der Waals surface area (Å²) in [5, 5.41) is 9.86. The van der Waals surface area contributed by atoms with Gasteiger partial charge in [0.2, 0.25) is 0 Å². The van der Waals surface area contributed by atoms with Gasteiger partial charge in [-0.15, -0.1) is 0 Å². The number of aromatic nitrogens is 1. The van der Waals surface area contributed by atoms with Crippen LogP contribution in [0.2, 0.25) is 0 Å². The molecule has 0 saturated heterocycles. The molecule has 0 radical (unpaired) electrons. The molecule has 0 unspecified atom stereocenters. The molecule has 2 heterocycles. The molecule has 1 aliphatic heterocycles. The molecular weight excluding hydrogens is 254 g/mol. The first-order valence-corrected chi connectivity index (χ1v) is 6.12. The summed E-state index contributed by atoms with van der Waals surface area (Å²) in [6.45, 7) is 0. The van der Waals surface area contributed by atoms with E-state index in [1.54, 1.807) is 42.7 Å². The van der Waals surface area contributed by atoms with Gasteiger partial charge in [-0.25, -0.2) is 4.79 Å². The normalized spacial score (nSPS) is 14.7. The molecule has 0 atom stereocenters. The molecule has 1 aromatic heterocycles. The lowest BCUT2D eigenvalue weighted by atomic mass is 9.99. The van der Waals surface area contributed by atoms with Gasteiger partial charge < -0.3 is 5.11 Å². The predicted octanol–water partition coefficient (Wildman–Crippen LogP) is 2.59. The monoisotopic (exact) mass is 265 g/mol. The Balaban J connectivity index is 1.97. The van der Waals surface area contributed by atoms with Crippen molar-refractivity contribution in [1.29, 1.82) is 0 Å². The number of carbonyl (C=O) groups is 1. The van der Waals surface area contributed by atoms with Gasteiger partial charge in [0.1, 0.15) is 5.75 Å². The van der Waals surface area contributed by atoms with Crippen LogP contribution in [0.3, 0.4) is 0 Å². The first-order chi connectivity index (χ1) is 9.74. The molecule has 5 nitrogen and oxygen atoms in total. The zero-order chi connectivity index (χ0) is 13.9. The number of aromatic hydroxyl groups is 1. The number of nitrogens with zero attached hydrogens (tertiary/aromatic N) is 3. The van der Waals surface area contributed by atoms with Gasteiger partial charge in [-0.1, -0.05) is 18.2 Å². The minimum atomic E-state index is -0.562. The van der Waals surface area contributed by atoms with Crippen molar-refractivity contribution < 1.29 is 9.90 Å². The summed E-state index contributed by atoms with van der Waals surface area (Å²) in [6.07, 6.45) is 3.70. The minimum Gasteiger partial charge on any atom is -0.507 e. The van der Waals surface area contributed by atoms with Crippen LogP contribution in [0, 0.1) is 0 Å². The quantitative estimate of drug-likeness (QED) is 0.906. The summed E-state index contributed by atoms with van der Waals surface area (Å²) in [5.41, 5.74) is 2.46. The molecule has 3 rings (SSSR count). The molecule has 0 bridgehead atoms. The molecule has 20 heavy (non-hydrogen) atoms. The number of phenolic OH excluding ortho intramolecular Hbond substituents is 1. The number of rotatable bonds is 2. The second kappa shape index (κ2) is 5.05. The van der Waals surface area contributed by atoms with Gasteiger partial charge in [0, 0.05) is 29.9 Å². The highest BCUT2D eigenvalue weighted by atomic mass is 16.3. The largest absolute Gasteiger partial charge is 0.507 e. The molecule has 1 N–H and O–H groups in total. The first-order valence-electron chi connectivity index (χ1n) is 6.12. The maximum Gasteiger partial charge on any atom is 0.367 e. The van der Waals surface area contributed by atoms with Crippen molar-refractivity contribution in [3.05, 3.63) is 59.9 Å². The van der Waals surface area contributed by atoms with Crippen LogP contribution < -0.4 is 0 Å². The van der Waals surface area contributed by atoms with Gasteiger partial charge in [-0.3, -0.25) is 4.98 Å². The van der Waals surface area contributed by atoms with Crippen LogP contribution in [0.1, 0.15) is 17.5 Å². The van der Waals surface area contributed by atoms with E-state index in [4.69, 9.17) is 0 Å². The number of aliphatic imine (C=N–C) groups is 2. The highest BCUT2D eigenvalue weighted by Crippen LogP contribution is 2.22. The Bertz CT molecular complexity index is 721. The Morgan fingerprint density at radius 1 is 1.00 bits per heavy atom. The summed E-state index contributed by atoms with van der Waals surface area (Å²) in [7, 11) is 0. The SMILES string of the molecule is O=C1N=C(c2cccnc2)CC(c2ccccc2O)=N1. The maximum atomic E-state index is 11.7. The Morgan fingerprint density at radius 3 is 2.55 bits per heavy atom. The van der Waals surface area contributed by atoms with Crippen LogP contribution in [-0.4, -0.2) is 27.5 Å². The van der Waals surface area contributed by atoms with Crippen molar-refractivity contribution in [2.24, 2.45) is 9.98 Å². The molecule has 0 spiro atoms. The van der Waals surface area contributed by atoms with E-state index in [1.165, 1.54) is 0 Å². The van der Waals surface area contributed by atoms with Crippen LogP contribution >= 0.6 is 0 Å². The highest BCUT2D eigenvalue weighted by molar-refractivity contribution is 6.25. The fraction of sp³-hybridized carbons (Fsp3) is 0.0667. The summed E-state index contributed by atoms with van der Waals surface area (Å²) in [4.78, 5) is 23.5. The topological polar surface area (TPSA) is 74.9 Å². The van der Waals surface area contributed by atoms with Gasteiger partial charge in [0.25, 0.3) is 0 Å². The fourth-order valence-corrected chi connectivity index (χ4v) is 2.07. The number of para-hydroxylation sites is 1. The molecule has 1 aromatic carbocycles. The lowest BCUT2D eigenvalue weighted by Gasteiger charge is -2.13. The van der Waals surface area contributed by atoms with Crippen LogP contribution in [0.5, 0.6) is 5.75 Å². The molecule has 2 aromatic rings. The summed E-state index contributed by atoms with van der Waals surface area (Å²) < 4.78 is 0. The van der Waals surface area contributed by atoms with Crippen LogP contribution in [0.15, 0.2) is 58.8 Å². The highest BCUT2D eigenvalue weighted by Gasteiger charge is 2.19. The van der Waals surface area contributed by atoms with E-state index in [-0.39, 0.29) is 5.75 Å². The number of amides is 2. The Morgan fingerprint density at radius 2 is 1.80 bits per heavy atom. The lowest BCUT2D eigenvalue weighted by molar-refractivity contribution is 0.257. The second-order valence-corrected chi connectivity index (χ2v) is 4.34. The zero-order valence-electron chi connectivity index (χ0n) is 10.5. The van der Waals surface area contributed by atoms with E-state index in [1.807, 2.05) is 6.07 Å². The van der Waals surface area contributed by atoms with Gasteiger partial charge >= 0.3 is 6.03 Å². The Labute approximate surface area is 115 Å². The third kappa shape index (κ3) is 2.33. The molecule has 2 amide bonds. The summed E-state index contributed by atoms with van der Waals surface area (Å²) in [6, 6.07) is 9.87. The maximum absolute atomic E-state index is 11.7. The van der Waals surface area contributed by atoms with Crippen molar-refractivity contribution in [2.75, 3.05) is 0 Å². The molecule has 0 fully saturated rings. The van der Waals surface area contributed by atoms with E-state index in [0.29, 0.717) is 23.4 Å². The van der Waals surface area contributed by atoms with E-state index in [9.17, 15) is 9.90 Å². The predicted molar refractivity (Wildman–Crippen MR) is 75.4 cm³/mol. The average Bonchev–Trinajstić information content (AvgIpc) is 2.48. The smallest absolute Gasteiger partial charge is 0.367 e. The van der Waals surface area contributed by atoms with Gasteiger partial charge in [0.15, 0.2) is 0 Å². The second-order valence-electron chi connectivity index (χ2n) is 4.34. The van der Waals surface area contributed by atoms with Gasteiger partial charge in [0.05, 0.1) is 11.4 Å². The van der Waals surface area contributed by atoms with Crippen LogP contribution in [0.4, 0.5) is 4.79 Å². The van der Waals surface area contributed by atoms with E-state index in [2.05, 4.69) is 15.0 Å². The third-order valence-electron chi connectivity index (χ3n) is 3.01. The lowest BCUT2D eigenvalue weighted by Crippen LogP contribution is -2.18. The molecule has 98 valence electrons. The Kier molecular flexibility index (Phi) is 3.09. The number of hydrogen-bond donors (Lipinski definition) is 1. The van der Waals surface area contributed by atoms with E-state index < -0.39 is 6.03 Å². The molecule has 0 saturated carbocycles. The van der Waals surface area contributed by atoms with Crippen molar-refractivity contribution in [3.63, 3.8) is 0 Å². The van der Waals surface area contributed by atoms with E-state index >= 15 is 0 Å². The van der Waals surface area contributed by atoms with Crippen molar-refractivity contribution >= 4 is 17.5 Å². The zero-order valence-corrected chi connectivity index (χ0v) is 10.5. The van der Waals surface area contributed by atoms with Crippen LogP contribution in [0.25, 0.3) is 0 Å². The summed E-state index contributed by atoms with van der Waals surface area (Å²) >= 11 is 0. The van der Waals surface area contributed by atoms with Crippen LogP contribution in [-0.2, 0) is 0 Å². The molecule has 0 aliphatic carbocycles. The number of pyridine rings is 1.